The zero-order valence-electron chi connectivity index (χ0n) is 15.0. The lowest BCUT2D eigenvalue weighted by molar-refractivity contribution is 0.409. The van der Waals surface area contributed by atoms with Gasteiger partial charge in [-0.1, -0.05) is 84.6 Å². The van der Waals surface area contributed by atoms with Crippen LogP contribution in [0.15, 0.2) is 94.6 Å². The third-order valence-electron chi connectivity index (χ3n) is 4.35. The molecule has 1 heterocycles. The van der Waals surface area contributed by atoms with Crippen LogP contribution in [0.1, 0.15) is 34.1 Å². The summed E-state index contributed by atoms with van der Waals surface area (Å²) in [5.74, 6) is 1.13. The minimum Gasteiger partial charge on any atom is -0.415 e. The second-order valence-electron chi connectivity index (χ2n) is 6.26. The van der Waals surface area contributed by atoms with E-state index in [2.05, 4.69) is 40.5 Å². The highest BCUT2D eigenvalue weighted by Gasteiger charge is 2.22. The molecule has 0 amide bonds. The van der Waals surface area contributed by atoms with E-state index in [-0.39, 0.29) is 5.92 Å². The fraction of sp³-hybridized carbons (Fsp3) is 0.0870. The van der Waals surface area contributed by atoms with Crippen molar-refractivity contribution < 1.29 is 4.42 Å². The Labute approximate surface area is 167 Å². The summed E-state index contributed by atoms with van der Waals surface area (Å²) >= 11 is 1.47. The van der Waals surface area contributed by atoms with E-state index in [1.807, 2.05) is 54.6 Å². The lowest BCUT2D eigenvalue weighted by Gasteiger charge is -2.13. The van der Waals surface area contributed by atoms with Crippen LogP contribution in [0.25, 0.3) is 0 Å². The third-order valence-corrected chi connectivity index (χ3v) is 5.24. The fourth-order valence-corrected chi connectivity index (χ4v) is 3.75. The highest BCUT2D eigenvalue weighted by molar-refractivity contribution is 7.98. The van der Waals surface area contributed by atoms with Gasteiger partial charge in [0.2, 0.25) is 5.89 Å². The van der Waals surface area contributed by atoms with Crippen LogP contribution in [-0.2, 0) is 5.75 Å². The molecule has 0 N–H and O–H groups in total. The Kier molecular flexibility index (Phi) is 5.51. The van der Waals surface area contributed by atoms with Crippen LogP contribution in [0, 0.1) is 11.3 Å². The molecular weight excluding hydrogens is 366 g/mol. The fourth-order valence-electron chi connectivity index (χ4n) is 3.04. The maximum absolute atomic E-state index is 9.03. The number of hydrogen-bond donors (Lipinski definition) is 0. The van der Waals surface area contributed by atoms with E-state index in [4.69, 9.17) is 9.68 Å². The van der Waals surface area contributed by atoms with Gasteiger partial charge in [-0.15, -0.1) is 10.2 Å². The molecule has 0 saturated heterocycles. The molecule has 0 aliphatic heterocycles. The van der Waals surface area contributed by atoms with Crippen LogP contribution < -0.4 is 0 Å². The molecule has 0 aliphatic rings. The van der Waals surface area contributed by atoms with E-state index >= 15 is 0 Å². The van der Waals surface area contributed by atoms with E-state index in [1.54, 1.807) is 6.07 Å². The van der Waals surface area contributed by atoms with Crippen LogP contribution in [0.4, 0.5) is 0 Å². The van der Waals surface area contributed by atoms with Crippen molar-refractivity contribution >= 4 is 11.8 Å². The minimum absolute atomic E-state index is 0.105. The SMILES string of the molecule is N#Cc1cccc(CSc2nnc(C(c3ccccc3)c3ccccc3)o2)c1. The molecule has 1 aromatic heterocycles. The molecule has 3 aromatic carbocycles. The first-order valence-corrected chi connectivity index (χ1v) is 9.87. The third kappa shape index (κ3) is 4.13. The van der Waals surface area contributed by atoms with E-state index in [1.165, 1.54) is 11.8 Å². The number of benzene rings is 3. The molecule has 4 rings (SSSR count). The summed E-state index contributed by atoms with van der Waals surface area (Å²) in [5, 5.41) is 18.1. The minimum atomic E-state index is -0.105. The molecule has 0 bridgehead atoms. The number of rotatable bonds is 6. The number of thioether (sulfide) groups is 1. The van der Waals surface area contributed by atoms with Gasteiger partial charge in [0.05, 0.1) is 17.6 Å². The molecule has 0 unspecified atom stereocenters. The molecule has 0 fully saturated rings. The first-order valence-electron chi connectivity index (χ1n) is 8.88. The lowest BCUT2D eigenvalue weighted by atomic mass is 9.91. The van der Waals surface area contributed by atoms with Gasteiger partial charge in [-0.05, 0) is 28.8 Å². The second-order valence-corrected chi connectivity index (χ2v) is 7.19. The van der Waals surface area contributed by atoms with Gasteiger partial charge in [0.25, 0.3) is 5.22 Å². The van der Waals surface area contributed by atoms with Gasteiger partial charge < -0.3 is 4.42 Å². The van der Waals surface area contributed by atoms with Crippen molar-refractivity contribution in [3.63, 3.8) is 0 Å². The average molecular weight is 383 g/mol. The smallest absolute Gasteiger partial charge is 0.276 e. The van der Waals surface area contributed by atoms with Gasteiger partial charge in [0.15, 0.2) is 0 Å². The Morgan fingerprint density at radius 1 is 0.857 bits per heavy atom. The Balaban J connectivity index is 1.57. The number of hydrogen-bond acceptors (Lipinski definition) is 5. The van der Waals surface area contributed by atoms with Gasteiger partial charge in [-0.3, -0.25) is 0 Å². The predicted molar refractivity (Wildman–Crippen MR) is 109 cm³/mol. The van der Waals surface area contributed by atoms with Crippen LogP contribution in [0.5, 0.6) is 0 Å². The zero-order chi connectivity index (χ0) is 19.2. The van der Waals surface area contributed by atoms with Crippen LogP contribution in [0.3, 0.4) is 0 Å². The maximum atomic E-state index is 9.03. The topological polar surface area (TPSA) is 62.7 Å². The molecule has 0 saturated carbocycles. The van der Waals surface area contributed by atoms with Crippen LogP contribution >= 0.6 is 11.8 Å². The summed E-state index contributed by atoms with van der Waals surface area (Å²) in [7, 11) is 0. The van der Waals surface area contributed by atoms with Gasteiger partial charge >= 0.3 is 0 Å². The van der Waals surface area contributed by atoms with Crippen molar-refractivity contribution in [1.29, 1.82) is 5.26 Å². The summed E-state index contributed by atoms with van der Waals surface area (Å²) < 4.78 is 6.01. The monoisotopic (exact) mass is 383 g/mol. The summed E-state index contributed by atoms with van der Waals surface area (Å²) in [5.41, 5.74) is 3.91. The Morgan fingerprint density at radius 3 is 2.18 bits per heavy atom. The Hall–Kier alpha value is -3.36. The summed E-state index contributed by atoms with van der Waals surface area (Å²) in [4.78, 5) is 0. The molecule has 28 heavy (non-hydrogen) atoms. The average Bonchev–Trinajstić information content (AvgIpc) is 3.23. The first-order chi connectivity index (χ1) is 13.8. The highest BCUT2D eigenvalue weighted by Crippen LogP contribution is 2.32. The van der Waals surface area contributed by atoms with Crippen molar-refractivity contribution in [2.24, 2.45) is 0 Å². The number of aromatic nitrogens is 2. The molecule has 4 nitrogen and oxygen atoms in total. The Bertz CT molecular complexity index is 1050. The molecule has 136 valence electrons. The number of nitrogens with zero attached hydrogens (tertiary/aromatic N) is 3. The maximum Gasteiger partial charge on any atom is 0.276 e. The second kappa shape index (κ2) is 8.55. The van der Waals surface area contributed by atoms with E-state index in [9.17, 15) is 0 Å². The van der Waals surface area contributed by atoms with Crippen molar-refractivity contribution in [2.75, 3.05) is 0 Å². The van der Waals surface area contributed by atoms with Crippen molar-refractivity contribution in [1.82, 2.24) is 10.2 Å². The van der Waals surface area contributed by atoms with Crippen molar-refractivity contribution in [3.05, 3.63) is 113 Å². The standard InChI is InChI=1S/C23H17N3OS/c24-15-17-8-7-9-18(14-17)16-28-23-26-25-22(27-23)21(19-10-3-1-4-11-19)20-12-5-2-6-13-20/h1-14,21H,16H2. The lowest BCUT2D eigenvalue weighted by Crippen LogP contribution is -2.03. The first kappa shape index (κ1) is 18.0. The van der Waals surface area contributed by atoms with Gasteiger partial charge in [0, 0.05) is 5.75 Å². The van der Waals surface area contributed by atoms with E-state index in [0.717, 1.165) is 16.7 Å². The summed E-state index contributed by atoms with van der Waals surface area (Å²) in [6, 6.07) is 30.0. The van der Waals surface area contributed by atoms with Gasteiger partial charge in [0.1, 0.15) is 0 Å². The molecular formula is C23H17N3OS. The van der Waals surface area contributed by atoms with Crippen LogP contribution in [-0.4, -0.2) is 10.2 Å². The van der Waals surface area contributed by atoms with Crippen molar-refractivity contribution in [2.45, 2.75) is 16.9 Å². The van der Waals surface area contributed by atoms with E-state index < -0.39 is 0 Å². The summed E-state index contributed by atoms with van der Waals surface area (Å²) in [6.07, 6.45) is 0. The molecule has 0 spiro atoms. The molecule has 0 radical (unpaired) electrons. The molecule has 4 aromatic rings. The van der Waals surface area contributed by atoms with Gasteiger partial charge in [-0.2, -0.15) is 5.26 Å². The largest absolute Gasteiger partial charge is 0.415 e. The van der Waals surface area contributed by atoms with Gasteiger partial charge in [-0.25, -0.2) is 0 Å². The summed E-state index contributed by atoms with van der Waals surface area (Å²) in [6.45, 7) is 0. The zero-order valence-corrected chi connectivity index (χ0v) is 15.8. The van der Waals surface area contributed by atoms with Crippen molar-refractivity contribution in [3.8, 4) is 6.07 Å². The predicted octanol–water partition coefficient (Wildman–Crippen LogP) is 5.41. The highest BCUT2D eigenvalue weighted by atomic mass is 32.2. The van der Waals surface area contributed by atoms with E-state index in [0.29, 0.717) is 22.4 Å². The quantitative estimate of drug-likeness (QED) is 0.416. The molecule has 5 heteroatoms. The Morgan fingerprint density at radius 2 is 1.54 bits per heavy atom. The number of nitriles is 1. The normalized spacial score (nSPS) is 10.7. The molecule has 0 atom stereocenters. The van der Waals surface area contributed by atoms with Crippen LogP contribution in [0.2, 0.25) is 0 Å². The molecule has 0 aliphatic carbocycles.